The van der Waals surface area contributed by atoms with E-state index in [1.54, 1.807) is 27.2 Å². The third-order valence-corrected chi connectivity index (χ3v) is 5.14. The highest BCUT2D eigenvalue weighted by Crippen LogP contribution is 2.30. The van der Waals surface area contributed by atoms with E-state index in [4.69, 9.17) is 0 Å². The Hall–Kier alpha value is -1.64. The number of benzene rings is 2. The van der Waals surface area contributed by atoms with Gasteiger partial charge in [0.05, 0.1) is 0 Å². The van der Waals surface area contributed by atoms with E-state index in [9.17, 15) is 0 Å². The van der Waals surface area contributed by atoms with Crippen LogP contribution in [0.25, 0.3) is 0 Å². The fraction of sp³-hybridized carbons (Fsp3) is 0.368. The average molecular weight is 280 g/mol. The summed E-state index contributed by atoms with van der Waals surface area (Å²) in [7, 11) is 0. The summed E-state index contributed by atoms with van der Waals surface area (Å²) in [6.07, 6.45) is 2.37. The van der Waals surface area contributed by atoms with Crippen molar-refractivity contribution in [1.82, 2.24) is 0 Å². The molecule has 4 rings (SSSR count). The van der Waals surface area contributed by atoms with Crippen LogP contribution in [0, 0.1) is 0 Å². The molecule has 2 nitrogen and oxygen atoms in total. The lowest BCUT2D eigenvalue weighted by molar-refractivity contribution is -0.967. The Kier molecular flexibility index (Phi) is 3.50. The van der Waals surface area contributed by atoms with Gasteiger partial charge >= 0.3 is 0 Å². The fourth-order valence-corrected chi connectivity index (χ4v) is 4.10. The van der Waals surface area contributed by atoms with E-state index in [-0.39, 0.29) is 0 Å². The maximum atomic E-state index is 2.46. The maximum absolute atomic E-state index is 2.46. The van der Waals surface area contributed by atoms with Gasteiger partial charge in [0.25, 0.3) is 0 Å². The van der Waals surface area contributed by atoms with E-state index in [1.165, 1.54) is 39.0 Å². The van der Waals surface area contributed by atoms with Crippen molar-refractivity contribution in [3.05, 3.63) is 70.8 Å². The van der Waals surface area contributed by atoms with Crippen molar-refractivity contribution in [3.8, 4) is 0 Å². The summed E-state index contributed by atoms with van der Waals surface area (Å²) in [5, 5.41) is 2.46. The SMILES string of the molecule is c1ccc2c(c1)CCc1ccccc1C2[NH+]1CC[NH2+]CC1. The molecule has 0 bridgehead atoms. The minimum atomic E-state index is 0.536. The highest BCUT2D eigenvalue weighted by Gasteiger charge is 2.33. The van der Waals surface area contributed by atoms with Crippen molar-refractivity contribution in [2.75, 3.05) is 26.2 Å². The van der Waals surface area contributed by atoms with E-state index in [2.05, 4.69) is 53.8 Å². The number of aryl methyl sites for hydroxylation is 2. The van der Waals surface area contributed by atoms with E-state index in [0.717, 1.165) is 0 Å². The molecule has 2 aromatic rings. The Labute approximate surface area is 126 Å². The first-order valence-electron chi connectivity index (χ1n) is 8.25. The minimum absolute atomic E-state index is 0.536. The van der Waals surface area contributed by atoms with Gasteiger partial charge in [-0.25, -0.2) is 0 Å². The highest BCUT2D eigenvalue weighted by atomic mass is 15.2. The number of rotatable bonds is 1. The van der Waals surface area contributed by atoms with Crippen LogP contribution in [-0.4, -0.2) is 26.2 Å². The summed E-state index contributed by atoms with van der Waals surface area (Å²) < 4.78 is 0. The van der Waals surface area contributed by atoms with Gasteiger partial charge in [-0.05, 0) is 24.0 Å². The summed E-state index contributed by atoms with van der Waals surface area (Å²) in [6.45, 7) is 5.06. The Balaban J connectivity index is 1.85. The van der Waals surface area contributed by atoms with Gasteiger partial charge in [-0.15, -0.1) is 0 Å². The maximum Gasteiger partial charge on any atom is 0.140 e. The summed E-state index contributed by atoms with van der Waals surface area (Å²) in [5.74, 6) is 0. The molecule has 2 aromatic carbocycles. The minimum Gasteiger partial charge on any atom is -0.337 e. The van der Waals surface area contributed by atoms with Crippen molar-refractivity contribution in [3.63, 3.8) is 0 Å². The molecule has 2 aliphatic rings. The largest absolute Gasteiger partial charge is 0.337 e. The van der Waals surface area contributed by atoms with Crippen LogP contribution in [0.3, 0.4) is 0 Å². The molecule has 2 heteroatoms. The first kappa shape index (κ1) is 13.1. The molecular formula is C19H24N2+2. The summed E-state index contributed by atoms with van der Waals surface area (Å²) >= 11 is 0. The van der Waals surface area contributed by atoms with Crippen LogP contribution >= 0.6 is 0 Å². The van der Waals surface area contributed by atoms with E-state index in [1.807, 2.05) is 0 Å². The predicted molar refractivity (Wildman–Crippen MR) is 84.5 cm³/mol. The molecule has 108 valence electrons. The molecular weight excluding hydrogens is 256 g/mol. The smallest absolute Gasteiger partial charge is 0.140 e. The summed E-state index contributed by atoms with van der Waals surface area (Å²) in [4.78, 5) is 1.75. The number of quaternary nitrogens is 2. The summed E-state index contributed by atoms with van der Waals surface area (Å²) in [6, 6.07) is 18.8. The molecule has 1 saturated heterocycles. The van der Waals surface area contributed by atoms with Crippen LogP contribution in [0.5, 0.6) is 0 Å². The molecule has 1 heterocycles. The standard InChI is InChI=1S/C19H22N2/c1-3-7-17-15(5-1)9-10-16-6-2-4-8-18(16)19(17)21-13-11-20-12-14-21/h1-8,19-20H,9-14H2/p+2. The molecule has 1 aliphatic heterocycles. The lowest BCUT2D eigenvalue weighted by atomic mass is 9.93. The van der Waals surface area contributed by atoms with Crippen molar-refractivity contribution < 1.29 is 10.2 Å². The number of nitrogens with two attached hydrogens (primary N) is 1. The van der Waals surface area contributed by atoms with Crippen molar-refractivity contribution in [2.24, 2.45) is 0 Å². The van der Waals surface area contributed by atoms with Gasteiger partial charge in [-0.3, -0.25) is 0 Å². The van der Waals surface area contributed by atoms with Crippen LogP contribution in [0.15, 0.2) is 48.5 Å². The van der Waals surface area contributed by atoms with Gasteiger partial charge < -0.3 is 10.2 Å². The zero-order valence-corrected chi connectivity index (χ0v) is 12.5. The van der Waals surface area contributed by atoms with Gasteiger partial charge in [0.1, 0.15) is 32.2 Å². The van der Waals surface area contributed by atoms with Gasteiger partial charge in [0.2, 0.25) is 0 Å². The third kappa shape index (κ3) is 2.39. The van der Waals surface area contributed by atoms with E-state index in [0.29, 0.717) is 6.04 Å². The van der Waals surface area contributed by atoms with Gasteiger partial charge in [-0.1, -0.05) is 48.5 Å². The third-order valence-electron chi connectivity index (χ3n) is 5.14. The van der Waals surface area contributed by atoms with Crippen molar-refractivity contribution in [2.45, 2.75) is 18.9 Å². The number of fused-ring (bicyclic) bond motifs is 2. The van der Waals surface area contributed by atoms with Crippen molar-refractivity contribution in [1.29, 1.82) is 0 Å². The quantitative estimate of drug-likeness (QED) is 0.752. The Bertz CT molecular complexity index is 581. The zero-order chi connectivity index (χ0) is 14.1. The predicted octanol–water partition coefficient (Wildman–Crippen LogP) is 0.337. The second-order valence-corrected chi connectivity index (χ2v) is 6.35. The number of hydrogen-bond donors (Lipinski definition) is 2. The molecule has 0 saturated carbocycles. The second-order valence-electron chi connectivity index (χ2n) is 6.35. The molecule has 0 amide bonds. The lowest BCUT2D eigenvalue weighted by Gasteiger charge is -2.32. The molecule has 1 aliphatic carbocycles. The topological polar surface area (TPSA) is 21.1 Å². The normalized spacial score (nSPS) is 19.6. The van der Waals surface area contributed by atoms with E-state index < -0.39 is 0 Å². The van der Waals surface area contributed by atoms with Gasteiger partial charge in [0, 0.05) is 11.1 Å². The molecule has 0 spiro atoms. The molecule has 3 N–H and O–H groups in total. The molecule has 21 heavy (non-hydrogen) atoms. The van der Waals surface area contributed by atoms with Crippen LogP contribution in [0.4, 0.5) is 0 Å². The average Bonchev–Trinajstić information content (AvgIpc) is 2.72. The first-order valence-corrected chi connectivity index (χ1v) is 8.25. The number of piperazine rings is 1. The monoisotopic (exact) mass is 280 g/mol. The molecule has 0 aromatic heterocycles. The molecule has 0 atom stereocenters. The fourth-order valence-electron chi connectivity index (χ4n) is 4.10. The zero-order valence-electron chi connectivity index (χ0n) is 12.5. The van der Waals surface area contributed by atoms with Crippen molar-refractivity contribution >= 4 is 0 Å². The van der Waals surface area contributed by atoms with Gasteiger partial charge in [-0.2, -0.15) is 0 Å². The number of hydrogen-bond acceptors (Lipinski definition) is 0. The van der Waals surface area contributed by atoms with E-state index >= 15 is 0 Å². The molecule has 1 fully saturated rings. The lowest BCUT2D eigenvalue weighted by Crippen LogP contribution is -3.20. The van der Waals surface area contributed by atoms with Crippen LogP contribution in [0.1, 0.15) is 28.3 Å². The van der Waals surface area contributed by atoms with Crippen LogP contribution in [-0.2, 0) is 12.8 Å². The summed E-state index contributed by atoms with van der Waals surface area (Å²) in [5.41, 5.74) is 6.25. The molecule has 0 unspecified atom stereocenters. The van der Waals surface area contributed by atoms with Crippen LogP contribution in [0.2, 0.25) is 0 Å². The highest BCUT2D eigenvalue weighted by molar-refractivity contribution is 5.42. The second kappa shape index (κ2) is 5.63. The Morgan fingerprint density at radius 3 is 1.86 bits per heavy atom. The Morgan fingerprint density at radius 2 is 1.29 bits per heavy atom. The molecule has 0 radical (unpaired) electrons. The van der Waals surface area contributed by atoms with Crippen LogP contribution < -0.4 is 10.2 Å². The first-order chi connectivity index (χ1) is 10.4. The Morgan fingerprint density at radius 1 is 0.762 bits per heavy atom. The number of nitrogens with one attached hydrogen (secondary N) is 1. The van der Waals surface area contributed by atoms with Gasteiger partial charge in [0.15, 0.2) is 0 Å².